The quantitative estimate of drug-likeness (QED) is 0.445. The largest absolute Gasteiger partial charge is 0.396 e. The molecule has 0 bridgehead atoms. The third-order valence-electron chi connectivity index (χ3n) is 4.08. The molecule has 7 heteroatoms. The van der Waals surface area contributed by atoms with Gasteiger partial charge < -0.3 is 15.0 Å². The molecule has 2 aromatic heterocycles. The zero-order valence-electron chi connectivity index (χ0n) is 14.3. The molecule has 0 spiro atoms. The van der Waals surface area contributed by atoms with Crippen LogP contribution in [0.25, 0.3) is 11.0 Å². The number of carbonyl (C=O) groups is 1. The van der Waals surface area contributed by atoms with Crippen LogP contribution >= 0.6 is 28.3 Å². The zero-order chi connectivity index (χ0) is 17.1. The van der Waals surface area contributed by atoms with Gasteiger partial charge in [0.15, 0.2) is 5.78 Å². The lowest BCUT2D eigenvalue weighted by Crippen LogP contribution is -2.14. The molecule has 3 rings (SSSR count). The van der Waals surface area contributed by atoms with E-state index in [1.165, 1.54) is 22.5 Å². The minimum absolute atomic E-state index is 0. The lowest BCUT2D eigenvalue weighted by Gasteiger charge is -2.10. The summed E-state index contributed by atoms with van der Waals surface area (Å²) in [7, 11) is 0. The van der Waals surface area contributed by atoms with Gasteiger partial charge in [0.2, 0.25) is 5.95 Å². The smallest absolute Gasteiger partial charge is 0.204 e. The van der Waals surface area contributed by atoms with Crippen LogP contribution in [0, 0.1) is 13.8 Å². The highest BCUT2D eigenvalue weighted by molar-refractivity contribution is 8.93. The van der Waals surface area contributed by atoms with Gasteiger partial charge in [0, 0.05) is 13.2 Å². The average molecular weight is 424 g/mol. The number of hydrogen-bond donors (Lipinski definition) is 2. The molecule has 3 aromatic rings. The Kier molecular flexibility index (Phi) is 6.75. The normalized spacial score (nSPS) is 10.7. The maximum Gasteiger partial charge on any atom is 0.204 e. The molecule has 0 aliphatic heterocycles. The highest BCUT2D eigenvalue weighted by atomic mass is 79.9. The maximum atomic E-state index is 12.5. The monoisotopic (exact) mass is 423 g/mol. The van der Waals surface area contributed by atoms with Gasteiger partial charge in [-0.3, -0.25) is 4.79 Å². The van der Waals surface area contributed by atoms with Crippen molar-refractivity contribution in [1.29, 1.82) is 0 Å². The van der Waals surface area contributed by atoms with Crippen LogP contribution in [0.5, 0.6) is 0 Å². The first kappa shape index (κ1) is 19.6. The molecule has 0 aliphatic carbocycles. The Morgan fingerprint density at radius 3 is 2.76 bits per heavy atom. The summed E-state index contributed by atoms with van der Waals surface area (Å²) in [6.45, 7) is 5.11. The van der Waals surface area contributed by atoms with E-state index in [-0.39, 0.29) is 35.9 Å². The van der Waals surface area contributed by atoms with Gasteiger partial charge in [0.05, 0.1) is 22.5 Å². The molecule has 2 N–H and O–H groups in total. The molecule has 0 radical (unpaired) electrons. The van der Waals surface area contributed by atoms with Gasteiger partial charge in [-0.25, -0.2) is 4.98 Å². The summed E-state index contributed by atoms with van der Waals surface area (Å²) >= 11 is 1.45. The summed E-state index contributed by atoms with van der Waals surface area (Å²) < 4.78 is 1.93. The topological polar surface area (TPSA) is 67.2 Å². The number of aliphatic hydroxyl groups excluding tert-OH is 1. The molecule has 0 saturated heterocycles. The standard InChI is InChI=1S/C18H21N3O2S.BrH/c1-12-9-14-15(10-13(12)2)21(18(20-14)19-6-4-7-22)11-16(23)17-5-3-8-24-17;/h3,5,8-10,22H,4,6-7,11H2,1-2H3,(H,19,20);1H. The van der Waals surface area contributed by atoms with E-state index >= 15 is 0 Å². The first-order chi connectivity index (χ1) is 11.6. The molecule has 0 amide bonds. The molecule has 1 aromatic carbocycles. The Labute approximate surface area is 161 Å². The van der Waals surface area contributed by atoms with Crippen molar-refractivity contribution in [1.82, 2.24) is 9.55 Å². The summed E-state index contributed by atoms with van der Waals surface area (Å²) in [6.07, 6.45) is 0.639. The SMILES string of the molecule is Br.Cc1cc2nc(NCCCO)n(CC(=O)c3cccs3)c2cc1C. The van der Waals surface area contributed by atoms with E-state index in [0.29, 0.717) is 18.9 Å². The lowest BCUT2D eigenvalue weighted by molar-refractivity contribution is 0.0978. The molecule has 25 heavy (non-hydrogen) atoms. The molecule has 134 valence electrons. The highest BCUT2D eigenvalue weighted by Gasteiger charge is 2.16. The van der Waals surface area contributed by atoms with E-state index in [1.807, 2.05) is 28.1 Å². The number of benzene rings is 1. The molecule has 0 fully saturated rings. The van der Waals surface area contributed by atoms with Gasteiger partial charge in [-0.2, -0.15) is 0 Å². The van der Waals surface area contributed by atoms with Crippen LogP contribution in [0.1, 0.15) is 27.2 Å². The second-order valence-corrected chi connectivity index (χ2v) is 6.80. The van der Waals surface area contributed by atoms with Crippen molar-refractivity contribution in [3.8, 4) is 0 Å². The predicted octanol–water partition coefficient (Wildman–Crippen LogP) is 3.97. The van der Waals surface area contributed by atoms with Crippen LogP contribution in [-0.4, -0.2) is 33.6 Å². The molecular weight excluding hydrogens is 402 g/mol. The Hall–Kier alpha value is -1.70. The number of rotatable bonds is 7. The van der Waals surface area contributed by atoms with E-state index in [9.17, 15) is 4.79 Å². The number of nitrogens with zero attached hydrogens (tertiary/aromatic N) is 2. The lowest BCUT2D eigenvalue weighted by atomic mass is 10.1. The number of aliphatic hydroxyl groups is 1. The first-order valence-electron chi connectivity index (χ1n) is 7.99. The molecular formula is C18H22BrN3O2S. The summed E-state index contributed by atoms with van der Waals surface area (Å²) in [5.41, 5.74) is 4.19. The van der Waals surface area contributed by atoms with Crippen molar-refractivity contribution in [2.75, 3.05) is 18.5 Å². The van der Waals surface area contributed by atoms with Crippen molar-refractivity contribution in [3.05, 3.63) is 45.6 Å². The summed E-state index contributed by atoms with van der Waals surface area (Å²) in [4.78, 5) is 17.9. The van der Waals surface area contributed by atoms with Crippen LogP contribution in [0.4, 0.5) is 5.95 Å². The number of thiophene rings is 1. The Bertz CT molecular complexity index is 859. The third-order valence-corrected chi connectivity index (χ3v) is 4.99. The minimum Gasteiger partial charge on any atom is -0.396 e. The summed E-state index contributed by atoms with van der Waals surface area (Å²) in [6, 6.07) is 7.86. The highest BCUT2D eigenvalue weighted by Crippen LogP contribution is 2.24. The van der Waals surface area contributed by atoms with Gasteiger partial charge in [-0.15, -0.1) is 28.3 Å². The van der Waals surface area contributed by atoms with Crippen LogP contribution in [0.15, 0.2) is 29.6 Å². The van der Waals surface area contributed by atoms with Gasteiger partial charge in [0.25, 0.3) is 0 Å². The average Bonchev–Trinajstić information content (AvgIpc) is 3.18. The fraction of sp³-hybridized carbons (Fsp3) is 0.333. The van der Waals surface area contributed by atoms with Crippen molar-refractivity contribution < 1.29 is 9.90 Å². The van der Waals surface area contributed by atoms with Gasteiger partial charge in [-0.05, 0) is 55.0 Å². The Morgan fingerprint density at radius 2 is 2.08 bits per heavy atom. The molecule has 0 aliphatic rings. The van der Waals surface area contributed by atoms with E-state index in [1.54, 1.807) is 0 Å². The number of aryl methyl sites for hydroxylation is 2. The second-order valence-electron chi connectivity index (χ2n) is 5.85. The van der Waals surface area contributed by atoms with Gasteiger partial charge >= 0.3 is 0 Å². The van der Waals surface area contributed by atoms with Crippen LogP contribution in [-0.2, 0) is 6.54 Å². The van der Waals surface area contributed by atoms with Crippen molar-refractivity contribution in [2.24, 2.45) is 0 Å². The van der Waals surface area contributed by atoms with E-state index in [4.69, 9.17) is 5.11 Å². The fourth-order valence-electron chi connectivity index (χ4n) is 2.61. The Morgan fingerprint density at radius 1 is 1.32 bits per heavy atom. The zero-order valence-corrected chi connectivity index (χ0v) is 16.8. The Balaban J connectivity index is 0.00000225. The fourth-order valence-corrected chi connectivity index (χ4v) is 3.27. The van der Waals surface area contributed by atoms with Crippen LogP contribution in [0.2, 0.25) is 0 Å². The van der Waals surface area contributed by atoms with Crippen molar-refractivity contribution in [2.45, 2.75) is 26.8 Å². The minimum atomic E-state index is 0. The molecule has 0 atom stereocenters. The molecule has 0 saturated carbocycles. The molecule has 2 heterocycles. The molecule has 0 unspecified atom stereocenters. The predicted molar refractivity (Wildman–Crippen MR) is 108 cm³/mol. The van der Waals surface area contributed by atoms with Crippen LogP contribution < -0.4 is 5.32 Å². The number of hydrogen-bond acceptors (Lipinski definition) is 5. The number of nitrogens with one attached hydrogen (secondary N) is 1. The number of anilines is 1. The maximum absolute atomic E-state index is 12.5. The number of carbonyl (C=O) groups excluding carboxylic acids is 1. The van der Waals surface area contributed by atoms with Crippen LogP contribution in [0.3, 0.4) is 0 Å². The van der Waals surface area contributed by atoms with Crippen molar-refractivity contribution >= 4 is 51.1 Å². The number of aromatic nitrogens is 2. The van der Waals surface area contributed by atoms with Gasteiger partial charge in [-0.1, -0.05) is 6.07 Å². The molecule has 5 nitrogen and oxygen atoms in total. The second kappa shape index (κ2) is 8.60. The number of fused-ring (bicyclic) bond motifs is 1. The first-order valence-corrected chi connectivity index (χ1v) is 8.87. The third kappa shape index (κ3) is 4.29. The van der Waals surface area contributed by atoms with Crippen molar-refractivity contribution in [3.63, 3.8) is 0 Å². The van der Waals surface area contributed by atoms with E-state index in [2.05, 4.69) is 30.2 Å². The number of imidazole rings is 1. The van der Waals surface area contributed by atoms with Gasteiger partial charge in [0.1, 0.15) is 0 Å². The van der Waals surface area contributed by atoms with E-state index in [0.717, 1.165) is 15.9 Å². The number of ketones is 1. The number of Topliss-reactive ketones (excluding diaryl/α,β-unsaturated/α-hetero) is 1. The number of halogens is 1. The summed E-state index contributed by atoms with van der Waals surface area (Å²) in [5.74, 6) is 0.751. The van der Waals surface area contributed by atoms with E-state index < -0.39 is 0 Å². The summed E-state index contributed by atoms with van der Waals surface area (Å²) in [5, 5.41) is 14.1.